The lowest BCUT2D eigenvalue weighted by atomic mass is 10.1. The van der Waals surface area contributed by atoms with Gasteiger partial charge in [-0.1, -0.05) is 18.2 Å². The molecular formula is C20H34IN3O3. The second-order valence-corrected chi connectivity index (χ2v) is 7.38. The Bertz CT molecular complexity index is 570. The Hall–Kier alpha value is -1.06. The van der Waals surface area contributed by atoms with Crippen LogP contribution in [0.2, 0.25) is 0 Å². The molecule has 0 spiro atoms. The maximum Gasteiger partial charge on any atom is 0.191 e. The van der Waals surface area contributed by atoms with Gasteiger partial charge in [0.15, 0.2) is 5.96 Å². The van der Waals surface area contributed by atoms with Crippen LogP contribution < -0.4 is 15.4 Å². The summed E-state index contributed by atoms with van der Waals surface area (Å²) < 4.78 is 17.1. The van der Waals surface area contributed by atoms with Crippen LogP contribution in [0.5, 0.6) is 5.75 Å². The summed E-state index contributed by atoms with van der Waals surface area (Å²) in [6, 6.07) is 8.08. The molecule has 6 nitrogen and oxygen atoms in total. The van der Waals surface area contributed by atoms with Gasteiger partial charge >= 0.3 is 0 Å². The molecule has 1 aromatic carbocycles. The van der Waals surface area contributed by atoms with Gasteiger partial charge in [0.25, 0.3) is 0 Å². The van der Waals surface area contributed by atoms with E-state index in [1.165, 1.54) is 0 Å². The first kappa shape index (κ1) is 24.0. The number of hydrogen-bond acceptors (Lipinski definition) is 4. The lowest BCUT2D eigenvalue weighted by Gasteiger charge is -2.23. The van der Waals surface area contributed by atoms with E-state index < -0.39 is 0 Å². The molecule has 0 aromatic heterocycles. The fourth-order valence-corrected chi connectivity index (χ4v) is 2.65. The standard InChI is InChI=1S/C20H33N3O3.HI/c1-20(2,3)26-18-9-6-5-8-16(18)14-23-19(21-4)22-11-7-12-25-17-10-13-24-15-17;/h5-6,8-9,17H,7,10-15H2,1-4H3,(H2,21,22,23);1H. The predicted molar refractivity (Wildman–Crippen MR) is 120 cm³/mol. The van der Waals surface area contributed by atoms with Gasteiger partial charge in [0, 0.05) is 38.9 Å². The topological polar surface area (TPSA) is 64.1 Å². The summed E-state index contributed by atoms with van der Waals surface area (Å²) in [5.74, 6) is 1.68. The van der Waals surface area contributed by atoms with E-state index in [-0.39, 0.29) is 35.7 Å². The molecule has 0 radical (unpaired) electrons. The van der Waals surface area contributed by atoms with Crippen molar-refractivity contribution in [3.8, 4) is 5.75 Å². The maximum atomic E-state index is 6.03. The highest BCUT2D eigenvalue weighted by molar-refractivity contribution is 14.0. The van der Waals surface area contributed by atoms with Gasteiger partial charge in [-0.15, -0.1) is 24.0 Å². The Morgan fingerprint density at radius 2 is 2.04 bits per heavy atom. The Morgan fingerprint density at radius 3 is 2.70 bits per heavy atom. The molecule has 2 rings (SSSR count). The molecule has 1 aliphatic rings. The van der Waals surface area contributed by atoms with Crippen molar-refractivity contribution in [2.75, 3.05) is 33.4 Å². The second kappa shape index (κ2) is 12.4. The molecule has 1 unspecified atom stereocenters. The third-order valence-electron chi connectivity index (χ3n) is 3.91. The van der Waals surface area contributed by atoms with Crippen LogP contribution in [-0.4, -0.2) is 51.1 Å². The van der Waals surface area contributed by atoms with Gasteiger partial charge in [-0.2, -0.15) is 0 Å². The van der Waals surface area contributed by atoms with E-state index in [1.807, 2.05) is 18.2 Å². The maximum absolute atomic E-state index is 6.03. The summed E-state index contributed by atoms with van der Waals surface area (Å²) in [6.45, 7) is 9.91. The van der Waals surface area contributed by atoms with Crippen molar-refractivity contribution in [1.29, 1.82) is 0 Å². The minimum atomic E-state index is -0.222. The van der Waals surface area contributed by atoms with Crippen molar-refractivity contribution in [3.05, 3.63) is 29.8 Å². The van der Waals surface area contributed by atoms with Gasteiger partial charge in [-0.25, -0.2) is 0 Å². The van der Waals surface area contributed by atoms with Crippen LogP contribution in [0, 0.1) is 0 Å². The van der Waals surface area contributed by atoms with E-state index in [1.54, 1.807) is 7.05 Å². The van der Waals surface area contributed by atoms with Gasteiger partial charge in [0.1, 0.15) is 11.4 Å². The van der Waals surface area contributed by atoms with Crippen molar-refractivity contribution >= 4 is 29.9 Å². The zero-order valence-corrected chi connectivity index (χ0v) is 19.2. The zero-order valence-electron chi connectivity index (χ0n) is 16.9. The second-order valence-electron chi connectivity index (χ2n) is 7.38. The minimum Gasteiger partial charge on any atom is -0.488 e. The van der Waals surface area contributed by atoms with Crippen molar-refractivity contribution in [2.24, 2.45) is 4.99 Å². The van der Waals surface area contributed by atoms with Gasteiger partial charge in [-0.3, -0.25) is 4.99 Å². The van der Waals surface area contributed by atoms with Gasteiger partial charge in [0.05, 0.1) is 12.7 Å². The molecule has 0 aliphatic carbocycles. The van der Waals surface area contributed by atoms with E-state index in [2.05, 4.69) is 42.5 Å². The highest BCUT2D eigenvalue weighted by Crippen LogP contribution is 2.22. The number of rotatable bonds is 8. The van der Waals surface area contributed by atoms with Crippen LogP contribution in [-0.2, 0) is 16.0 Å². The Labute approximate surface area is 180 Å². The van der Waals surface area contributed by atoms with Gasteiger partial charge in [0.2, 0.25) is 0 Å². The molecule has 0 saturated carbocycles. The zero-order chi connectivity index (χ0) is 18.8. The first-order chi connectivity index (χ1) is 12.5. The average molecular weight is 491 g/mol. The average Bonchev–Trinajstić information content (AvgIpc) is 3.10. The summed E-state index contributed by atoms with van der Waals surface area (Å²) in [5.41, 5.74) is 0.885. The first-order valence-corrected chi connectivity index (χ1v) is 9.39. The van der Waals surface area contributed by atoms with Crippen molar-refractivity contribution in [2.45, 2.75) is 51.9 Å². The lowest BCUT2D eigenvalue weighted by Crippen LogP contribution is -2.38. The molecule has 154 valence electrons. The summed E-state index contributed by atoms with van der Waals surface area (Å²) in [6.07, 6.45) is 2.21. The molecule has 1 aromatic rings. The summed E-state index contributed by atoms with van der Waals surface area (Å²) in [4.78, 5) is 4.28. The molecule has 27 heavy (non-hydrogen) atoms. The third kappa shape index (κ3) is 9.62. The SMILES string of the molecule is CN=C(NCCCOC1CCOC1)NCc1ccccc1OC(C)(C)C.I. The fourth-order valence-electron chi connectivity index (χ4n) is 2.65. The lowest BCUT2D eigenvalue weighted by molar-refractivity contribution is 0.0420. The predicted octanol–water partition coefficient (Wildman–Crippen LogP) is 3.34. The third-order valence-corrected chi connectivity index (χ3v) is 3.91. The molecule has 1 aliphatic heterocycles. The largest absolute Gasteiger partial charge is 0.488 e. The van der Waals surface area contributed by atoms with Crippen LogP contribution >= 0.6 is 24.0 Å². The van der Waals surface area contributed by atoms with Crippen LogP contribution in [0.1, 0.15) is 39.2 Å². The summed E-state index contributed by atoms with van der Waals surface area (Å²) in [7, 11) is 1.78. The minimum absolute atomic E-state index is 0. The fraction of sp³-hybridized carbons (Fsp3) is 0.650. The first-order valence-electron chi connectivity index (χ1n) is 9.39. The number of guanidine groups is 1. The number of nitrogens with one attached hydrogen (secondary N) is 2. The van der Waals surface area contributed by atoms with Crippen LogP contribution in [0.25, 0.3) is 0 Å². The number of aliphatic imine (C=N–C) groups is 1. The Balaban J connectivity index is 0.00000364. The van der Waals surface area contributed by atoms with E-state index in [9.17, 15) is 0 Å². The van der Waals surface area contributed by atoms with Gasteiger partial charge < -0.3 is 24.8 Å². The smallest absolute Gasteiger partial charge is 0.191 e. The number of benzene rings is 1. The van der Waals surface area contributed by atoms with Gasteiger partial charge in [-0.05, 0) is 39.7 Å². The van der Waals surface area contributed by atoms with Crippen molar-refractivity contribution in [3.63, 3.8) is 0 Å². The van der Waals surface area contributed by atoms with Crippen molar-refractivity contribution in [1.82, 2.24) is 10.6 Å². The number of hydrogen-bond donors (Lipinski definition) is 2. The molecule has 7 heteroatoms. The summed E-state index contributed by atoms with van der Waals surface area (Å²) >= 11 is 0. The van der Waals surface area contributed by atoms with E-state index in [0.29, 0.717) is 6.54 Å². The number of halogens is 1. The van der Waals surface area contributed by atoms with E-state index >= 15 is 0 Å². The highest BCUT2D eigenvalue weighted by Gasteiger charge is 2.16. The molecular weight excluding hydrogens is 457 g/mol. The number of ether oxygens (including phenoxy) is 3. The Kier molecular flexibility index (Phi) is 11.0. The molecule has 1 heterocycles. The Morgan fingerprint density at radius 1 is 1.26 bits per heavy atom. The summed E-state index contributed by atoms with van der Waals surface area (Å²) in [5, 5.41) is 6.66. The number of nitrogens with zero attached hydrogens (tertiary/aromatic N) is 1. The van der Waals surface area contributed by atoms with Crippen LogP contribution in [0.15, 0.2) is 29.3 Å². The monoisotopic (exact) mass is 491 g/mol. The van der Waals surface area contributed by atoms with E-state index in [0.717, 1.165) is 56.5 Å². The van der Waals surface area contributed by atoms with Crippen LogP contribution in [0.3, 0.4) is 0 Å². The molecule has 0 bridgehead atoms. The van der Waals surface area contributed by atoms with Crippen molar-refractivity contribution < 1.29 is 14.2 Å². The quantitative estimate of drug-likeness (QED) is 0.253. The van der Waals surface area contributed by atoms with E-state index in [4.69, 9.17) is 14.2 Å². The number of para-hydroxylation sites is 1. The molecule has 1 atom stereocenters. The molecule has 1 saturated heterocycles. The highest BCUT2D eigenvalue weighted by atomic mass is 127. The molecule has 1 fully saturated rings. The molecule has 0 amide bonds. The normalized spacial score (nSPS) is 17.3. The molecule has 2 N–H and O–H groups in total. The van der Waals surface area contributed by atoms with Crippen LogP contribution in [0.4, 0.5) is 0 Å².